The molecule has 3 rings (SSSR count). The van der Waals surface area contributed by atoms with Crippen molar-refractivity contribution in [2.45, 2.75) is 32.6 Å². The smallest absolute Gasteiger partial charge is 0.224 e. The number of nitrogens with zero attached hydrogens (tertiary/aromatic N) is 2. The van der Waals surface area contributed by atoms with Gasteiger partial charge in [-0.1, -0.05) is 0 Å². The van der Waals surface area contributed by atoms with Crippen molar-refractivity contribution >= 4 is 11.6 Å². The molecule has 5 heteroatoms. The van der Waals surface area contributed by atoms with Gasteiger partial charge >= 0.3 is 0 Å². The molecule has 0 saturated carbocycles. The van der Waals surface area contributed by atoms with E-state index < -0.39 is 0 Å². The van der Waals surface area contributed by atoms with Crippen molar-refractivity contribution in [3.05, 3.63) is 42.2 Å². The van der Waals surface area contributed by atoms with E-state index in [1.165, 1.54) is 12.8 Å². The van der Waals surface area contributed by atoms with E-state index in [0.717, 1.165) is 36.5 Å². The molecule has 0 aliphatic carbocycles. The molecule has 1 aliphatic rings. The van der Waals surface area contributed by atoms with Crippen molar-refractivity contribution in [2.24, 2.45) is 5.92 Å². The second kappa shape index (κ2) is 8.02. The monoisotopic (exact) mass is 324 g/mol. The molecule has 2 heterocycles. The molecule has 126 valence electrons. The number of amides is 1. The van der Waals surface area contributed by atoms with Crippen LogP contribution in [0.5, 0.6) is 0 Å². The summed E-state index contributed by atoms with van der Waals surface area (Å²) in [6, 6.07) is 9.57. The highest BCUT2D eigenvalue weighted by Crippen LogP contribution is 2.20. The van der Waals surface area contributed by atoms with Gasteiger partial charge < -0.3 is 10.6 Å². The van der Waals surface area contributed by atoms with Crippen LogP contribution in [0.25, 0.3) is 11.4 Å². The van der Waals surface area contributed by atoms with E-state index in [0.29, 0.717) is 18.2 Å². The Morgan fingerprint density at radius 2 is 1.96 bits per heavy atom. The lowest BCUT2D eigenvalue weighted by atomic mass is 9.93. The molecule has 1 saturated heterocycles. The van der Waals surface area contributed by atoms with Gasteiger partial charge in [-0.2, -0.15) is 0 Å². The van der Waals surface area contributed by atoms with Crippen molar-refractivity contribution in [2.75, 3.05) is 18.4 Å². The molecule has 24 heavy (non-hydrogen) atoms. The number of hydrogen-bond donors (Lipinski definition) is 2. The fourth-order valence-electron chi connectivity index (χ4n) is 3.02. The molecule has 5 nitrogen and oxygen atoms in total. The lowest BCUT2D eigenvalue weighted by molar-refractivity contribution is -0.116. The maximum absolute atomic E-state index is 12.1. The Hall–Kier alpha value is -2.27. The summed E-state index contributed by atoms with van der Waals surface area (Å²) in [5.41, 5.74) is 2.71. The molecule has 0 spiro atoms. The van der Waals surface area contributed by atoms with Crippen molar-refractivity contribution in [1.29, 1.82) is 0 Å². The van der Waals surface area contributed by atoms with Gasteiger partial charge in [-0.3, -0.25) is 4.79 Å². The molecule has 2 N–H and O–H groups in total. The Bertz CT molecular complexity index is 678. The molecule has 0 unspecified atom stereocenters. The minimum Gasteiger partial charge on any atom is -0.326 e. The number of carbonyl (C=O) groups excluding carboxylic acids is 1. The predicted molar refractivity (Wildman–Crippen MR) is 95.7 cm³/mol. The molecule has 1 fully saturated rings. The van der Waals surface area contributed by atoms with Gasteiger partial charge in [0.05, 0.1) is 0 Å². The standard InChI is InChI=1S/C19H24N4O/c1-14-8-13-21-19(22-14)16-3-5-17(6-4-16)23-18(24)7-2-15-9-11-20-12-10-15/h3-6,8,13,15,20H,2,7,9-12H2,1H3,(H,23,24). The molecule has 2 aromatic rings. The summed E-state index contributed by atoms with van der Waals surface area (Å²) < 4.78 is 0. The minimum atomic E-state index is 0.0908. The van der Waals surface area contributed by atoms with Crippen molar-refractivity contribution in [3.8, 4) is 11.4 Å². The van der Waals surface area contributed by atoms with E-state index in [9.17, 15) is 4.79 Å². The molecular weight excluding hydrogens is 300 g/mol. The zero-order chi connectivity index (χ0) is 16.8. The number of benzene rings is 1. The number of carbonyl (C=O) groups is 1. The van der Waals surface area contributed by atoms with Crippen molar-refractivity contribution in [1.82, 2.24) is 15.3 Å². The Morgan fingerprint density at radius 3 is 2.67 bits per heavy atom. The summed E-state index contributed by atoms with van der Waals surface area (Å²) in [4.78, 5) is 20.8. The molecule has 0 atom stereocenters. The number of rotatable bonds is 5. The van der Waals surface area contributed by atoms with Crippen LogP contribution in [0.15, 0.2) is 36.5 Å². The quantitative estimate of drug-likeness (QED) is 0.886. The molecular formula is C19H24N4O. The van der Waals surface area contributed by atoms with E-state index in [1.54, 1.807) is 6.20 Å². The number of nitrogens with one attached hydrogen (secondary N) is 2. The Labute approximate surface area is 142 Å². The average Bonchev–Trinajstić information content (AvgIpc) is 2.61. The number of anilines is 1. The lowest BCUT2D eigenvalue weighted by Crippen LogP contribution is -2.28. The van der Waals surface area contributed by atoms with Gasteiger partial charge in [0.15, 0.2) is 5.82 Å². The molecule has 1 amide bonds. The third kappa shape index (κ3) is 4.61. The highest BCUT2D eigenvalue weighted by Gasteiger charge is 2.14. The molecule has 1 aromatic heterocycles. The largest absolute Gasteiger partial charge is 0.326 e. The fourth-order valence-corrected chi connectivity index (χ4v) is 3.02. The lowest BCUT2D eigenvalue weighted by Gasteiger charge is -2.22. The zero-order valence-corrected chi connectivity index (χ0v) is 14.1. The number of hydrogen-bond acceptors (Lipinski definition) is 4. The maximum Gasteiger partial charge on any atom is 0.224 e. The highest BCUT2D eigenvalue weighted by atomic mass is 16.1. The molecule has 0 bridgehead atoms. The zero-order valence-electron chi connectivity index (χ0n) is 14.1. The van der Waals surface area contributed by atoms with Crippen molar-refractivity contribution < 1.29 is 4.79 Å². The minimum absolute atomic E-state index is 0.0908. The van der Waals surface area contributed by atoms with E-state index in [2.05, 4.69) is 20.6 Å². The van der Waals surface area contributed by atoms with Crippen LogP contribution in [0.3, 0.4) is 0 Å². The molecule has 1 aliphatic heterocycles. The summed E-state index contributed by atoms with van der Waals surface area (Å²) >= 11 is 0. The number of aromatic nitrogens is 2. The fraction of sp³-hybridized carbons (Fsp3) is 0.421. The van der Waals surface area contributed by atoms with Crippen LogP contribution >= 0.6 is 0 Å². The van der Waals surface area contributed by atoms with Crippen LogP contribution in [0.4, 0.5) is 5.69 Å². The summed E-state index contributed by atoms with van der Waals surface area (Å²) in [5, 5.41) is 6.33. The first-order valence-electron chi connectivity index (χ1n) is 8.61. The van der Waals surface area contributed by atoms with Crippen LogP contribution in [0, 0.1) is 12.8 Å². The Balaban J connectivity index is 1.52. The average molecular weight is 324 g/mol. The van der Waals surface area contributed by atoms with Gasteiger partial charge in [-0.15, -0.1) is 0 Å². The van der Waals surface area contributed by atoms with E-state index in [-0.39, 0.29) is 5.91 Å². The SMILES string of the molecule is Cc1ccnc(-c2ccc(NC(=O)CCC3CCNCC3)cc2)n1. The second-order valence-electron chi connectivity index (χ2n) is 6.38. The third-order valence-electron chi connectivity index (χ3n) is 4.46. The van der Waals surface area contributed by atoms with E-state index in [4.69, 9.17) is 0 Å². The predicted octanol–water partition coefficient (Wildman–Crippen LogP) is 3.17. The first-order chi connectivity index (χ1) is 11.7. The van der Waals surface area contributed by atoms with Gasteiger partial charge in [-0.25, -0.2) is 9.97 Å². The number of piperidine rings is 1. The molecule has 0 radical (unpaired) electrons. The summed E-state index contributed by atoms with van der Waals surface area (Å²) in [6.45, 7) is 4.10. The van der Waals surface area contributed by atoms with Gasteiger partial charge in [0.1, 0.15) is 0 Å². The maximum atomic E-state index is 12.1. The van der Waals surface area contributed by atoms with Gasteiger partial charge in [0.25, 0.3) is 0 Å². The van der Waals surface area contributed by atoms with Crippen LogP contribution < -0.4 is 10.6 Å². The number of aryl methyl sites for hydroxylation is 1. The Kier molecular flexibility index (Phi) is 5.54. The first kappa shape index (κ1) is 16.6. The highest BCUT2D eigenvalue weighted by molar-refractivity contribution is 5.90. The summed E-state index contributed by atoms with van der Waals surface area (Å²) in [7, 11) is 0. The first-order valence-corrected chi connectivity index (χ1v) is 8.61. The summed E-state index contributed by atoms with van der Waals surface area (Å²) in [5.74, 6) is 1.48. The van der Waals surface area contributed by atoms with E-state index in [1.807, 2.05) is 37.3 Å². The Morgan fingerprint density at radius 1 is 1.21 bits per heavy atom. The topological polar surface area (TPSA) is 66.9 Å². The third-order valence-corrected chi connectivity index (χ3v) is 4.46. The van der Waals surface area contributed by atoms with Crippen molar-refractivity contribution in [3.63, 3.8) is 0 Å². The van der Waals surface area contributed by atoms with Gasteiger partial charge in [0.2, 0.25) is 5.91 Å². The van der Waals surface area contributed by atoms with Crippen LogP contribution in [0.1, 0.15) is 31.4 Å². The summed E-state index contributed by atoms with van der Waals surface area (Å²) in [6.07, 6.45) is 5.68. The van der Waals surface area contributed by atoms with Gasteiger partial charge in [0, 0.05) is 29.6 Å². The normalized spacial score (nSPS) is 15.2. The van der Waals surface area contributed by atoms with Crippen LogP contribution in [-0.4, -0.2) is 29.0 Å². The van der Waals surface area contributed by atoms with E-state index >= 15 is 0 Å². The van der Waals surface area contributed by atoms with Crippen LogP contribution in [0.2, 0.25) is 0 Å². The molecule has 1 aromatic carbocycles. The van der Waals surface area contributed by atoms with Gasteiger partial charge in [-0.05, 0) is 75.5 Å². The second-order valence-corrected chi connectivity index (χ2v) is 6.38. The van der Waals surface area contributed by atoms with Crippen LogP contribution in [-0.2, 0) is 4.79 Å².